The van der Waals surface area contributed by atoms with Crippen LogP contribution in [0, 0.1) is 36.9 Å². The van der Waals surface area contributed by atoms with E-state index in [4.69, 9.17) is 10.1 Å². The summed E-state index contributed by atoms with van der Waals surface area (Å²) in [6.45, 7) is 5.17. The number of unbranched alkanes of at least 4 members (excludes halogenated alkanes) is 8. The van der Waals surface area contributed by atoms with Crippen molar-refractivity contribution < 1.29 is 111 Å². The van der Waals surface area contributed by atoms with Crippen molar-refractivity contribution in [2.24, 2.45) is 0 Å². The number of carboxylic acid groups (broad SMARTS) is 7. The van der Waals surface area contributed by atoms with Crippen LogP contribution in [0.5, 0.6) is 0 Å². The predicted octanol–water partition coefficient (Wildman–Crippen LogP) is 1.94. The Balaban J connectivity index is 0.0000185. The fourth-order valence-electron chi connectivity index (χ4n) is 10.2. The van der Waals surface area contributed by atoms with Crippen molar-refractivity contribution >= 4 is 71.3 Å². The second kappa shape index (κ2) is 39.7. The van der Waals surface area contributed by atoms with Gasteiger partial charge in [-0.05, 0) is 62.8 Å². The summed E-state index contributed by atoms with van der Waals surface area (Å²) >= 11 is 0. The minimum Gasteiger partial charge on any atom is -0.481 e. The van der Waals surface area contributed by atoms with Crippen molar-refractivity contribution in [3.63, 3.8) is 0 Å². The molecule has 0 spiro atoms. The number of piperazine rings is 1. The maximum atomic E-state index is 12.5. The van der Waals surface area contributed by atoms with Crippen LogP contribution in [0.25, 0.3) is 0 Å². The number of nitrogens with zero attached hydrogens (tertiary/aromatic N) is 9. The Labute approximate surface area is 519 Å². The van der Waals surface area contributed by atoms with Crippen molar-refractivity contribution in [3.8, 4) is 0 Å². The molecule has 29 nitrogen and oxygen atoms in total. The first-order chi connectivity index (χ1) is 39.7. The van der Waals surface area contributed by atoms with E-state index in [1.165, 1.54) is 32.1 Å². The molecule has 1 aromatic carbocycles. The van der Waals surface area contributed by atoms with Crippen LogP contribution in [0.3, 0.4) is 0 Å². The maximum Gasteiger partial charge on any atom is 3.00 e. The third kappa shape index (κ3) is 28.8. The number of hydrogen-bond acceptors (Lipinski definition) is 20. The molecule has 3 heterocycles. The van der Waals surface area contributed by atoms with Crippen LogP contribution in [0.1, 0.15) is 102 Å². The van der Waals surface area contributed by atoms with E-state index in [1.54, 1.807) is 26.6 Å². The quantitative estimate of drug-likeness (QED) is 0.0430. The standard InChI is InChI=1S/C54H88N14O15.Lu/c1-3-4-5-6-7-8-9-10-14-43(56-21-12-11-13-41(49(79)80)58-54(83)59-42(50(81)82)19-20-44(69)70)66-28-30-67(31-29-66)53-61-51(55-2)60-52(62-53)57-39-17-15-38(16-18-39)32-40-33-65(36-47(75)76)25-24-63(34-45(71)72)22-23-64(35-46(73)74)26-27-68(40)37-48(77)78;/h15-18,40-43,56H,3-14,19-37H2,1-2H3,(H,69,70)(H,71,72)(H,73,74)(H,75,76)(H,77,78)(H,79,80)(H,81,82)(H2,58,59,83)(H2,55,57,60,61,62);/q;+3/t40?,41-,42-,43?;/m0./s1. The molecule has 2 aliphatic heterocycles. The number of anilines is 4. The van der Waals surface area contributed by atoms with Crippen molar-refractivity contribution in [1.82, 2.24) is 55.4 Å². The zero-order chi connectivity index (χ0) is 60.7. The summed E-state index contributed by atoms with van der Waals surface area (Å²) in [6.07, 6.45) is 10.9. The first kappa shape index (κ1) is 72.4. The van der Waals surface area contributed by atoms with Gasteiger partial charge in [0, 0.05) is 97.2 Å². The largest absolute Gasteiger partial charge is 3.00 e. The van der Waals surface area contributed by atoms with Gasteiger partial charge in [-0.3, -0.25) is 48.5 Å². The second-order valence-electron chi connectivity index (χ2n) is 21.1. The summed E-state index contributed by atoms with van der Waals surface area (Å²) in [5, 5.41) is 81.8. The molecule has 0 saturated carbocycles. The van der Waals surface area contributed by atoms with E-state index in [0.29, 0.717) is 69.6 Å². The van der Waals surface area contributed by atoms with Gasteiger partial charge in [-0.15, -0.1) is 0 Å². The third-order valence-electron chi connectivity index (χ3n) is 14.6. The molecule has 476 valence electrons. The van der Waals surface area contributed by atoms with Gasteiger partial charge in [0.05, 0.1) is 32.3 Å². The molecule has 4 rings (SSSR count). The molecule has 0 radical (unpaired) electrons. The molecule has 2 amide bonds. The fourth-order valence-corrected chi connectivity index (χ4v) is 10.2. The molecule has 0 bridgehead atoms. The third-order valence-corrected chi connectivity index (χ3v) is 14.6. The minimum absolute atomic E-state index is 0. The minimum atomic E-state index is -1.50. The number of hydrogen-bond donors (Lipinski definition) is 12. The van der Waals surface area contributed by atoms with Gasteiger partial charge in [-0.2, -0.15) is 15.0 Å². The van der Waals surface area contributed by atoms with Gasteiger partial charge in [0.2, 0.25) is 17.8 Å². The van der Waals surface area contributed by atoms with Gasteiger partial charge in [-0.1, -0.05) is 70.4 Å². The van der Waals surface area contributed by atoms with E-state index in [0.717, 1.165) is 31.2 Å². The number of carboxylic acids is 7. The molecule has 4 atom stereocenters. The van der Waals surface area contributed by atoms with E-state index in [-0.39, 0.29) is 134 Å². The monoisotopic (exact) mass is 1350 g/mol. The van der Waals surface area contributed by atoms with E-state index < -0.39 is 72.4 Å². The molecule has 1 aromatic heterocycles. The Bertz CT molecular complexity index is 2370. The Morgan fingerprint density at radius 1 is 0.560 bits per heavy atom. The predicted molar refractivity (Wildman–Crippen MR) is 306 cm³/mol. The van der Waals surface area contributed by atoms with E-state index in [2.05, 4.69) is 53.3 Å². The first-order valence-electron chi connectivity index (χ1n) is 28.8. The van der Waals surface area contributed by atoms with Crippen molar-refractivity contribution in [3.05, 3.63) is 29.8 Å². The van der Waals surface area contributed by atoms with Crippen LogP contribution in [-0.4, -0.2) is 259 Å². The molecule has 84 heavy (non-hydrogen) atoms. The average molecular weight is 1350 g/mol. The number of benzene rings is 1. The zero-order valence-electron chi connectivity index (χ0n) is 48.2. The summed E-state index contributed by atoms with van der Waals surface area (Å²) in [4.78, 5) is 120. The van der Waals surface area contributed by atoms with Gasteiger partial charge in [0.1, 0.15) is 12.1 Å². The molecule has 2 unspecified atom stereocenters. The zero-order valence-corrected chi connectivity index (χ0v) is 49.9. The normalized spacial score (nSPS) is 17.3. The SMILES string of the molecule is CCCCCCCCCCC(NCCCC[C@H](NC(=O)N[C@@H](CCC(=O)O)C(=O)O)C(=O)O)N1CCN(c2nc(NC)nc(Nc3ccc(CC4CN(CC(=O)O)CCN(CC(=O)O)CCN(CC(=O)O)CCN4CC(=O)O)cc3)n2)CC1.[Lu+3]. The molecule has 2 fully saturated rings. The molecular formula is C54H88LuN14O15+3. The molecule has 12 N–H and O–H groups in total. The molecule has 30 heteroatoms. The van der Waals surface area contributed by atoms with Crippen LogP contribution in [-0.2, 0) is 40.0 Å². The number of urea groups is 1. The van der Waals surface area contributed by atoms with Crippen LogP contribution in [0.2, 0.25) is 0 Å². The van der Waals surface area contributed by atoms with Crippen molar-refractivity contribution in [2.45, 2.75) is 128 Å². The van der Waals surface area contributed by atoms with Gasteiger partial charge in [0.25, 0.3) is 0 Å². The maximum absolute atomic E-state index is 12.5. The van der Waals surface area contributed by atoms with Gasteiger partial charge < -0.3 is 67.2 Å². The Kier molecular flexibility index (Phi) is 34.3. The Morgan fingerprint density at radius 2 is 1.07 bits per heavy atom. The van der Waals surface area contributed by atoms with Crippen LogP contribution >= 0.6 is 0 Å². The number of amides is 2. The smallest absolute Gasteiger partial charge is 0.481 e. The van der Waals surface area contributed by atoms with E-state index in [1.807, 2.05) is 24.3 Å². The average Bonchev–Trinajstić information content (AvgIpc) is 3.42. The van der Waals surface area contributed by atoms with Gasteiger partial charge >= 0.3 is 84.7 Å². The van der Waals surface area contributed by atoms with E-state index >= 15 is 0 Å². The molecule has 0 aliphatic carbocycles. The fraction of sp³-hybridized carbons (Fsp3) is 0.685. The van der Waals surface area contributed by atoms with Gasteiger partial charge in [-0.25, -0.2) is 14.4 Å². The van der Waals surface area contributed by atoms with Gasteiger partial charge in [0.15, 0.2) is 0 Å². The number of aliphatic carboxylic acids is 7. The summed E-state index contributed by atoms with van der Waals surface area (Å²) in [6, 6.07) is 3.05. The summed E-state index contributed by atoms with van der Waals surface area (Å²) in [5.41, 5.74) is 1.45. The van der Waals surface area contributed by atoms with Crippen LogP contribution in [0.4, 0.5) is 28.3 Å². The number of carbonyl (C=O) groups is 8. The number of aromatic nitrogens is 3. The molecule has 2 aromatic rings. The van der Waals surface area contributed by atoms with Crippen LogP contribution < -0.4 is 31.5 Å². The summed E-state index contributed by atoms with van der Waals surface area (Å²) in [7, 11) is 1.71. The Morgan fingerprint density at radius 3 is 1.62 bits per heavy atom. The first-order valence-corrected chi connectivity index (χ1v) is 28.8. The number of carbonyl (C=O) groups excluding carboxylic acids is 1. The topological polar surface area (TPSA) is 396 Å². The van der Waals surface area contributed by atoms with Crippen molar-refractivity contribution in [1.29, 1.82) is 0 Å². The van der Waals surface area contributed by atoms with E-state index in [9.17, 15) is 69.0 Å². The second-order valence-corrected chi connectivity index (χ2v) is 21.1. The number of rotatable bonds is 37. The summed E-state index contributed by atoms with van der Waals surface area (Å²) in [5.74, 6) is -7.22. The van der Waals surface area contributed by atoms with Crippen molar-refractivity contribution in [2.75, 3.05) is 127 Å². The number of nitrogens with one attached hydrogen (secondary N) is 5. The molecular weight excluding hydrogens is 1260 g/mol. The Hall–Kier alpha value is -5.82. The van der Waals surface area contributed by atoms with Crippen LogP contribution in [0.15, 0.2) is 24.3 Å². The molecule has 2 aliphatic rings. The molecule has 2 saturated heterocycles. The summed E-state index contributed by atoms with van der Waals surface area (Å²) < 4.78 is 0.